The van der Waals surface area contributed by atoms with Crippen LogP contribution in [-0.4, -0.2) is 42.4 Å². The molecule has 6 heteroatoms. The Morgan fingerprint density at radius 2 is 1.72 bits per heavy atom. The van der Waals surface area contributed by atoms with Crippen LogP contribution in [0, 0.1) is 5.92 Å². The van der Waals surface area contributed by atoms with E-state index in [1.54, 1.807) is 36.2 Å². The van der Waals surface area contributed by atoms with E-state index < -0.39 is 5.97 Å². The largest absolute Gasteiger partial charge is 0.452 e. The number of anilines is 1. The van der Waals surface area contributed by atoms with E-state index >= 15 is 0 Å². The predicted octanol–water partition coefficient (Wildman–Crippen LogP) is 2.84. The lowest BCUT2D eigenvalue weighted by Crippen LogP contribution is -2.41. The van der Waals surface area contributed by atoms with Crippen LogP contribution in [0.3, 0.4) is 0 Å². The molecule has 0 radical (unpaired) electrons. The summed E-state index contributed by atoms with van der Waals surface area (Å²) in [4.78, 5) is 37.0. The minimum absolute atomic E-state index is 0.178. The van der Waals surface area contributed by atoms with Crippen LogP contribution in [0.1, 0.15) is 49.9 Å². The molecule has 0 saturated heterocycles. The minimum Gasteiger partial charge on any atom is -0.452 e. The normalized spacial score (nSPS) is 19.8. The third kappa shape index (κ3) is 5.59. The average Bonchev–Trinajstić information content (AvgIpc) is 2.59. The van der Waals surface area contributed by atoms with Crippen LogP contribution >= 0.6 is 0 Å². The Morgan fingerprint density at radius 1 is 1.12 bits per heavy atom. The molecule has 0 unspecified atom stereocenters. The summed E-state index contributed by atoms with van der Waals surface area (Å²) >= 11 is 0. The Bertz CT molecular complexity index is 619. The Hall–Kier alpha value is -2.37. The number of nitrogens with one attached hydrogen (secondary N) is 1. The van der Waals surface area contributed by atoms with Crippen LogP contribution in [-0.2, 0) is 14.3 Å². The molecule has 136 valence electrons. The highest BCUT2D eigenvalue weighted by Gasteiger charge is 2.25. The molecule has 0 spiro atoms. The predicted molar refractivity (Wildman–Crippen MR) is 95.2 cm³/mol. The van der Waals surface area contributed by atoms with E-state index in [0.29, 0.717) is 11.3 Å². The van der Waals surface area contributed by atoms with Gasteiger partial charge in [0.05, 0.1) is 5.56 Å². The van der Waals surface area contributed by atoms with E-state index in [1.807, 2.05) is 0 Å². The summed E-state index contributed by atoms with van der Waals surface area (Å²) in [7, 11) is 1.78. The van der Waals surface area contributed by atoms with Gasteiger partial charge in [0.1, 0.15) is 0 Å². The summed E-state index contributed by atoms with van der Waals surface area (Å²) < 4.78 is 5.13. The second-order valence-electron chi connectivity index (χ2n) is 6.75. The van der Waals surface area contributed by atoms with E-state index in [9.17, 15) is 14.4 Å². The second kappa shape index (κ2) is 8.65. The number of esters is 1. The average molecular weight is 346 g/mol. The second-order valence-corrected chi connectivity index (χ2v) is 6.75. The fourth-order valence-corrected chi connectivity index (χ4v) is 3.04. The molecular formula is C19H26N2O4. The molecule has 0 aromatic heterocycles. The summed E-state index contributed by atoms with van der Waals surface area (Å²) in [5.74, 6) is -0.185. The Kier molecular flexibility index (Phi) is 6.56. The molecule has 1 saturated carbocycles. The van der Waals surface area contributed by atoms with Crippen molar-refractivity contribution in [2.75, 3.05) is 19.0 Å². The molecule has 1 aliphatic rings. The maximum atomic E-state index is 12.2. The summed E-state index contributed by atoms with van der Waals surface area (Å²) in [5, 5.41) is 2.62. The number of carbonyl (C=O) groups is 3. The summed E-state index contributed by atoms with van der Waals surface area (Å²) in [5.41, 5.74) is 0.947. The van der Waals surface area contributed by atoms with Gasteiger partial charge in [-0.2, -0.15) is 0 Å². The van der Waals surface area contributed by atoms with E-state index in [1.165, 1.54) is 6.92 Å². The third-order valence-electron chi connectivity index (χ3n) is 4.69. The van der Waals surface area contributed by atoms with Crippen molar-refractivity contribution in [1.82, 2.24) is 4.90 Å². The molecule has 1 fully saturated rings. The van der Waals surface area contributed by atoms with Crippen molar-refractivity contribution in [3.05, 3.63) is 29.8 Å². The first-order chi connectivity index (χ1) is 11.9. The van der Waals surface area contributed by atoms with Gasteiger partial charge in [-0.05, 0) is 55.9 Å². The van der Waals surface area contributed by atoms with Gasteiger partial charge >= 0.3 is 5.97 Å². The van der Waals surface area contributed by atoms with Crippen LogP contribution < -0.4 is 5.32 Å². The molecule has 25 heavy (non-hydrogen) atoms. The lowest BCUT2D eigenvalue weighted by Gasteiger charge is -2.33. The number of ether oxygens (including phenoxy) is 1. The van der Waals surface area contributed by atoms with E-state index in [4.69, 9.17) is 4.74 Å². The number of nitrogens with zero attached hydrogens (tertiary/aromatic N) is 1. The smallest absolute Gasteiger partial charge is 0.338 e. The van der Waals surface area contributed by atoms with Gasteiger partial charge in [-0.1, -0.05) is 6.92 Å². The van der Waals surface area contributed by atoms with Gasteiger partial charge in [-0.15, -0.1) is 0 Å². The zero-order chi connectivity index (χ0) is 18.4. The van der Waals surface area contributed by atoms with Crippen molar-refractivity contribution in [2.24, 2.45) is 5.92 Å². The number of rotatable bonds is 5. The number of amides is 2. The van der Waals surface area contributed by atoms with Gasteiger partial charge < -0.3 is 15.0 Å². The van der Waals surface area contributed by atoms with E-state index in [2.05, 4.69) is 12.2 Å². The Morgan fingerprint density at radius 3 is 2.28 bits per heavy atom. The lowest BCUT2D eigenvalue weighted by atomic mass is 9.87. The van der Waals surface area contributed by atoms with Crippen LogP contribution in [0.4, 0.5) is 5.69 Å². The Balaban J connectivity index is 1.82. The Labute approximate surface area is 148 Å². The molecule has 6 nitrogen and oxygen atoms in total. The number of likely N-dealkylation sites (N-methyl/N-ethyl adjacent to an activating group) is 1. The van der Waals surface area contributed by atoms with Crippen LogP contribution in [0.2, 0.25) is 0 Å². The molecule has 0 heterocycles. The van der Waals surface area contributed by atoms with Crippen molar-refractivity contribution in [2.45, 2.75) is 45.6 Å². The molecule has 0 aliphatic heterocycles. The molecule has 1 aliphatic carbocycles. The van der Waals surface area contributed by atoms with Crippen molar-refractivity contribution in [3.63, 3.8) is 0 Å². The van der Waals surface area contributed by atoms with Gasteiger partial charge in [0, 0.05) is 25.7 Å². The number of hydrogen-bond acceptors (Lipinski definition) is 4. The lowest BCUT2D eigenvalue weighted by molar-refractivity contribution is -0.136. The van der Waals surface area contributed by atoms with Crippen molar-refractivity contribution < 1.29 is 19.1 Å². The van der Waals surface area contributed by atoms with Crippen molar-refractivity contribution >= 4 is 23.5 Å². The fourth-order valence-electron chi connectivity index (χ4n) is 3.04. The first-order valence-corrected chi connectivity index (χ1v) is 8.67. The minimum atomic E-state index is -0.548. The quantitative estimate of drug-likeness (QED) is 0.832. The summed E-state index contributed by atoms with van der Waals surface area (Å²) in [6.45, 7) is 3.39. The molecule has 1 N–H and O–H groups in total. The molecule has 0 bridgehead atoms. The number of benzene rings is 1. The van der Waals surface area contributed by atoms with Crippen molar-refractivity contribution in [1.29, 1.82) is 0 Å². The highest BCUT2D eigenvalue weighted by molar-refractivity contribution is 5.93. The molecule has 2 amide bonds. The fraction of sp³-hybridized carbons (Fsp3) is 0.526. The maximum Gasteiger partial charge on any atom is 0.338 e. The SMILES string of the molecule is CC(=O)Nc1ccc(C(=O)OCC(=O)N(C)C2CCC(C)CC2)cc1. The first kappa shape index (κ1) is 19.0. The zero-order valence-electron chi connectivity index (χ0n) is 15.1. The van der Waals surface area contributed by atoms with E-state index in [-0.39, 0.29) is 24.5 Å². The molecule has 1 aromatic carbocycles. The highest BCUT2D eigenvalue weighted by Crippen LogP contribution is 2.26. The molecule has 0 atom stereocenters. The van der Waals surface area contributed by atoms with Gasteiger partial charge in [0.15, 0.2) is 6.61 Å². The van der Waals surface area contributed by atoms with Gasteiger partial charge in [-0.3, -0.25) is 9.59 Å². The zero-order valence-corrected chi connectivity index (χ0v) is 15.1. The topological polar surface area (TPSA) is 75.7 Å². The highest BCUT2D eigenvalue weighted by atomic mass is 16.5. The van der Waals surface area contributed by atoms with Gasteiger partial charge in [-0.25, -0.2) is 4.79 Å². The summed E-state index contributed by atoms with van der Waals surface area (Å²) in [6, 6.07) is 6.60. The molecular weight excluding hydrogens is 320 g/mol. The molecule has 2 rings (SSSR count). The number of hydrogen-bond donors (Lipinski definition) is 1. The van der Waals surface area contributed by atoms with Gasteiger partial charge in [0.25, 0.3) is 5.91 Å². The summed E-state index contributed by atoms with van der Waals surface area (Å²) in [6.07, 6.45) is 4.26. The van der Waals surface area contributed by atoms with Gasteiger partial charge in [0.2, 0.25) is 5.91 Å². The van der Waals surface area contributed by atoms with Crippen molar-refractivity contribution in [3.8, 4) is 0 Å². The molecule has 1 aromatic rings. The monoisotopic (exact) mass is 346 g/mol. The standard InChI is InChI=1S/C19H26N2O4/c1-13-4-10-17(11-5-13)21(3)18(23)12-25-19(24)15-6-8-16(9-7-15)20-14(2)22/h6-9,13,17H,4-5,10-12H2,1-3H3,(H,20,22). The third-order valence-corrected chi connectivity index (χ3v) is 4.69. The van der Waals surface area contributed by atoms with Crippen LogP contribution in [0.15, 0.2) is 24.3 Å². The first-order valence-electron chi connectivity index (χ1n) is 8.67. The maximum absolute atomic E-state index is 12.2. The number of carbonyl (C=O) groups excluding carboxylic acids is 3. The van der Waals surface area contributed by atoms with Crippen LogP contribution in [0.25, 0.3) is 0 Å². The van der Waals surface area contributed by atoms with E-state index in [0.717, 1.165) is 31.6 Å². The van der Waals surface area contributed by atoms with Crippen LogP contribution in [0.5, 0.6) is 0 Å².